The zero-order valence-electron chi connectivity index (χ0n) is 18.5. The van der Waals surface area contributed by atoms with Crippen LogP contribution in [0.25, 0.3) is 27.7 Å². The summed E-state index contributed by atoms with van der Waals surface area (Å²) in [6.45, 7) is 6.33. The fraction of sp³-hybridized carbons (Fsp3) is 0.148. The normalized spacial score (nSPS) is 11.6. The summed E-state index contributed by atoms with van der Waals surface area (Å²) in [5.41, 5.74) is 5.96. The molecule has 6 heteroatoms. The number of carbonyl (C=O) groups is 1. The molecule has 0 saturated heterocycles. The highest BCUT2D eigenvalue weighted by molar-refractivity contribution is 6.44. The van der Waals surface area contributed by atoms with Gasteiger partial charge in [0, 0.05) is 28.7 Å². The van der Waals surface area contributed by atoms with E-state index in [0.29, 0.717) is 28.1 Å². The minimum absolute atomic E-state index is 0.302. The minimum Gasteiger partial charge on any atom is -0.493 e. The lowest BCUT2D eigenvalue weighted by molar-refractivity contribution is -0.111. The number of furan rings is 1. The second-order valence-corrected chi connectivity index (χ2v) is 8.50. The van der Waals surface area contributed by atoms with E-state index in [1.807, 2.05) is 26.0 Å². The molecular formula is C27H23Cl2NO3. The molecule has 1 amide bonds. The van der Waals surface area contributed by atoms with Crippen molar-refractivity contribution in [3.8, 4) is 16.9 Å². The van der Waals surface area contributed by atoms with E-state index in [0.717, 1.165) is 33.2 Å². The summed E-state index contributed by atoms with van der Waals surface area (Å²) < 4.78 is 11.7. The van der Waals surface area contributed by atoms with Crippen LogP contribution in [0.1, 0.15) is 25.0 Å². The maximum atomic E-state index is 12.7. The number of fused-ring (bicyclic) bond motifs is 1. The summed E-state index contributed by atoms with van der Waals surface area (Å²) in [7, 11) is 0. The monoisotopic (exact) mass is 479 g/mol. The van der Waals surface area contributed by atoms with Gasteiger partial charge in [-0.2, -0.15) is 0 Å². The summed E-state index contributed by atoms with van der Waals surface area (Å²) in [6.07, 6.45) is 3.27. The van der Waals surface area contributed by atoms with Crippen LogP contribution in [0.4, 0.5) is 5.69 Å². The van der Waals surface area contributed by atoms with Gasteiger partial charge in [-0.15, -0.1) is 0 Å². The first-order chi connectivity index (χ1) is 15.9. The Morgan fingerprint density at radius 3 is 2.61 bits per heavy atom. The number of aryl methyl sites for hydroxylation is 1. The summed E-state index contributed by atoms with van der Waals surface area (Å²) in [5, 5.41) is 4.41. The van der Waals surface area contributed by atoms with Crippen LogP contribution in [0.3, 0.4) is 0 Å². The van der Waals surface area contributed by atoms with E-state index in [4.69, 9.17) is 32.4 Å². The molecule has 0 aliphatic heterocycles. The number of hydrogen-bond donors (Lipinski definition) is 1. The number of benzene rings is 3. The Balaban J connectivity index is 1.73. The van der Waals surface area contributed by atoms with E-state index in [-0.39, 0.29) is 5.91 Å². The number of ether oxygens (including phenoxy) is 1. The predicted molar refractivity (Wildman–Crippen MR) is 136 cm³/mol. The van der Waals surface area contributed by atoms with Gasteiger partial charge in [-0.3, -0.25) is 4.79 Å². The Kier molecular flexibility index (Phi) is 6.77. The molecule has 0 fully saturated rings. The zero-order chi connectivity index (χ0) is 23.5. The Bertz CT molecular complexity index is 1350. The van der Waals surface area contributed by atoms with E-state index in [9.17, 15) is 4.79 Å². The van der Waals surface area contributed by atoms with Crippen LogP contribution in [0.2, 0.25) is 10.0 Å². The Morgan fingerprint density at radius 2 is 1.88 bits per heavy atom. The van der Waals surface area contributed by atoms with Gasteiger partial charge >= 0.3 is 0 Å². The lowest BCUT2D eigenvalue weighted by atomic mass is 9.98. The van der Waals surface area contributed by atoms with E-state index in [2.05, 4.69) is 36.5 Å². The first-order valence-corrected chi connectivity index (χ1v) is 11.3. The van der Waals surface area contributed by atoms with Crippen LogP contribution in [-0.2, 0) is 4.79 Å². The number of carbonyl (C=O) groups excluding carboxylic acids is 1. The fourth-order valence-electron chi connectivity index (χ4n) is 3.64. The lowest BCUT2D eigenvalue weighted by Gasteiger charge is -2.12. The van der Waals surface area contributed by atoms with Gasteiger partial charge in [0.2, 0.25) is 5.91 Å². The molecule has 1 aromatic heterocycles. The quantitative estimate of drug-likeness (QED) is 0.283. The van der Waals surface area contributed by atoms with Gasteiger partial charge in [0.1, 0.15) is 11.3 Å². The van der Waals surface area contributed by atoms with Gasteiger partial charge in [0.15, 0.2) is 0 Å². The van der Waals surface area contributed by atoms with Crippen LogP contribution >= 0.6 is 23.2 Å². The molecule has 0 spiro atoms. The van der Waals surface area contributed by atoms with Crippen LogP contribution in [-0.4, -0.2) is 12.5 Å². The molecule has 168 valence electrons. The number of anilines is 1. The lowest BCUT2D eigenvalue weighted by Crippen LogP contribution is -2.09. The van der Waals surface area contributed by atoms with Crippen molar-refractivity contribution in [3.63, 3.8) is 0 Å². The van der Waals surface area contributed by atoms with Crippen molar-refractivity contribution >= 4 is 51.3 Å². The van der Waals surface area contributed by atoms with E-state index >= 15 is 0 Å². The first kappa shape index (κ1) is 23.0. The molecule has 0 bridgehead atoms. The van der Waals surface area contributed by atoms with Crippen molar-refractivity contribution in [2.45, 2.75) is 20.8 Å². The van der Waals surface area contributed by atoms with Crippen molar-refractivity contribution in [2.24, 2.45) is 0 Å². The summed E-state index contributed by atoms with van der Waals surface area (Å²) >= 11 is 12.2. The Morgan fingerprint density at radius 1 is 1.12 bits per heavy atom. The van der Waals surface area contributed by atoms with Gasteiger partial charge in [0.05, 0.1) is 28.6 Å². The molecule has 0 unspecified atom stereocenters. The highest BCUT2D eigenvalue weighted by Gasteiger charge is 2.16. The van der Waals surface area contributed by atoms with Gasteiger partial charge in [-0.25, -0.2) is 0 Å². The third-order valence-corrected chi connectivity index (χ3v) is 6.14. The van der Waals surface area contributed by atoms with Crippen LogP contribution in [0.5, 0.6) is 5.75 Å². The molecule has 0 saturated carbocycles. The van der Waals surface area contributed by atoms with Crippen LogP contribution in [0, 0.1) is 6.92 Å². The van der Waals surface area contributed by atoms with E-state index < -0.39 is 0 Å². The van der Waals surface area contributed by atoms with E-state index in [1.54, 1.807) is 24.5 Å². The Labute approximate surface area is 202 Å². The predicted octanol–water partition coefficient (Wildman–Crippen LogP) is 8.16. The fourth-order valence-corrected chi connectivity index (χ4v) is 3.99. The smallest absolute Gasteiger partial charge is 0.248 e. The average Bonchev–Trinajstić information content (AvgIpc) is 3.20. The summed E-state index contributed by atoms with van der Waals surface area (Å²) in [6, 6.07) is 17.3. The van der Waals surface area contributed by atoms with Gasteiger partial charge in [0.25, 0.3) is 0 Å². The minimum atomic E-state index is -0.315. The largest absolute Gasteiger partial charge is 0.493 e. The number of nitrogens with one attached hydrogen (secondary N) is 1. The average molecular weight is 480 g/mol. The van der Waals surface area contributed by atoms with Crippen molar-refractivity contribution in [1.29, 1.82) is 0 Å². The van der Waals surface area contributed by atoms with Gasteiger partial charge < -0.3 is 14.5 Å². The topological polar surface area (TPSA) is 51.5 Å². The second-order valence-electron chi connectivity index (χ2n) is 7.71. The molecule has 3 aromatic carbocycles. The number of amides is 1. The molecule has 4 nitrogen and oxygen atoms in total. The number of halogens is 2. The van der Waals surface area contributed by atoms with Crippen molar-refractivity contribution in [3.05, 3.63) is 88.1 Å². The third kappa shape index (κ3) is 4.92. The zero-order valence-corrected chi connectivity index (χ0v) is 20.1. The number of allylic oxidation sites excluding steroid dienone is 1. The highest BCUT2D eigenvalue weighted by Crippen LogP contribution is 2.38. The standard InChI is InChI=1S/C27H23Cl2NO3/c1-4-32-24-14-25-20(21(15-33-25)18-10-8-16(2)9-11-18)13-19(24)17(3)12-26(31)30-23-7-5-6-22(28)27(23)29/h5-15H,4H2,1-3H3,(H,30,31)/b17-12+. The van der Waals surface area contributed by atoms with Crippen LogP contribution in [0.15, 0.2) is 71.4 Å². The maximum absolute atomic E-state index is 12.7. The molecule has 4 aromatic rings. The van der Waals surface area contributed by atoms with Gasteiger partial charge in [-0.05, 0) is 50.1 Å². The molecule has 1 N–H and O–H groups in total. The summed E-state index contributed by atoms with van der Waals surface area (Å²) in [5.74, 6) is 0.335. The molecule has 0 radical (unpaired) electrons. The summed E-state index contributed by atoms with van der Waals surface area (Å²) in [4.78, 5) is 12.7. The molecule has 0 aliphatic carbocycles. The second kappa shape index (κ2) is 9.74. The maximum Gasteiger partial charge on any atom is 0.248 e. The van der Waals surface area contributed by atoms with Gasteiger partial charge in [-0.1, -0.05) is 59.1 Å². The third-order valence-electron chi connectivity index (χ3n) is 5.32. The molecule has 33 heavy (non-hydrogen) atoms. The molecule has 1 heterocycles. The molecule has 0 aliphatic rings. The van der Waals surface area contributed by atoms with Crippen molar-refractivity contribution in [1.82, 2.24) is 0 Å². The van der Waals surface area contributed by atoms with E-state index in [1.165, 1.54) is 11.6 Å². The van der Waals surface area contributed by atoms with Crippen molar-refractivity contribution in [2.75, 3.05) is 11.9 Å². The van der Waals surface area contributed by atoms with Crippen molar-refractivity contribution < 1.29 is 13.9 Å². The molecule has 4 rings (SSSR count). The first-order valence-electron chi connectivity index (χ1n) is 10.6. The number of rotatable bonds is 6. The van der Waals surface area contributed by atoms with Crippen LogP contribution < -0.4 is 10.1 Å². The SMILES string of the molecule is CCOc1cc2occ(-c3ccc(C)cc3)c2cc1/C(C)=C/C(=O)Nc1cccc(Cl)c1Cl. The Hall–Kier alpha value is -3.21. The highest BCUT2D eigenvalue weighted by atomic mass is 35.5. The molecular weight excluding hydrogens is 457 g/mol. The molecule has 0 atom stereocenters. The number of hydrogen-bond acceptors (Lipinski definition) is 3.